The molecule has 0 saturated carbocycles. The Morgan fingerprint density at radius 1 is 1.28 bits per heavy atom. The Balaban J connectivity index is 1.60. The van der Waals surface area contributed by atoms with Gasteiger partial charge in [0.1, 0.15) is 18.5 Å². The summed E-state index contributed by atoms with van der Waals surface area (Å²) in [5.41, 5.74) is 2.00. The molecule has 4 atom stereocenters. The van der Waals surface area contributed by atoms with Gasteiger partial charge in [-0.1, -0.05) is 12.1 Å². The van der Waals surface area contributed by atoms with Crippen molar-refractivity contribution in [3.05, 3.63) is 46.1 Å². The van der Waals surface area contributed by atoms with Gasteiger partial charge in [-0.2, -0.15) is 0 Å². The molecule has 1 aliphatic heterocycles. The first-order chi connectivity index (χ1) is 14.0. The molecule has 1 aliphatic rings. The van der Waals surface area contributed by atoms with Crippen molar-refractivity contribution in [3.8, 4) is 0 Å². The third kappa shape index (κ3) is 3.77. The van der Waals surface area contributed by atoms with E-state index in [0.717, 1.165) is 9.13 Å². The molecule has 4 N–H and O–H groups in total. The van der Waals surface area contributed by atoms with Crippen molar-refractivity contribution in [2.45, 2.75) is 31.1 Å². The quantitative estimate of drug-likeness (QED) is 0.363. The van der Waals surface area contributed by atoms with Crippen molar-refractivity contribution >= 4 is 45.5 Å². The van der Waals surface area contributed by atoms with Crippen LogP contribution in [0.3, 0.4) is 0 Å². The number of halogens is 1. The van der Waals surface area contributed by atoms with Crippen LogP contribution in [0.4, 0.5) is 5.82 Å². The lowest BCUT2D eigenvalue weighted by Gasteiger charge is -2.16. The van der Waals surface area contributed by atoms with Crippen molar-refractivity contribution in [2.24, 2.45) is 0 Å². The Morgan fingerprint density at radius 2 is 2.10 bits per heavy atom. The molecule has 0 spiro atoms. The van der Waals surface area contributed by atoms with Crippen LogP contribution in [0.5, 0.6) is 0 Å². The molecule has 29 heavy (non-hydrogen) atoms. The van der Waals surface area contributed by atoms with Gasteiger partial charge in [-0.3, -0.25) is 9.36 Å². The zero-order valence-corrected chi connectivity index (χ0v) is 17.5. The smallest absolute Gasteiger partial charge is 0.251 e. The van der Waals surface area contributed by atoms with Gasteiger partial charge >= 0.3 is 0 Å². The lowest BCUT2D eigenvalue weighted by atomic mass is 10.1. The molecule has 1 fully saturated rings. The van der Waals surface area contributed by atoms with Crippen LogP contribution in [0.1, 0.15) is 11.8 Å². The van der Waals surface area contributed by atoms with Crippen molar-refractivity contribution < 1.29 is 19.7 Å². The molecule has 1 saturated heterocycles. The van der Waals surface area contributed by atoms with E-state index in [1.807, 2.05) is 18.2 Å². The van der Waals surface area contributed by atoms with Crippen molar-refractivity contribution in [2.75, 3.05) is 12.4 Å². The number of aliphatic hydroxyl groups is 2. The van der Waals surface area contributed by atoms with Crippen molar-refractivity contribution in [3.63, 3.8) is 0 Å². The maximum atomic E-state index is 11.9. The molecule has 11 heteroatoms. The fourth-order valence-corrected chi connectivity index (χ4v) is 3.86. The minimum absolute atomic E-state index is 0.416. The number of amides is 1. The molecule has 2 aromatic heterocycles. The average Bonchev–Trinajstić information content (AvgIpc) is 3.28. The monoisotopic (exact) mass is 510 g/mol. The molecule has 4 rings (SSSR count). The molecule has 0 bridgehead atoms. The van der Waals surface area contributed by atoms with Gasteiger partial charge in [-0.05, 0) is 40.3 Å². The minimum Gasteiger partial charge on any atom is -0.387 e. The maximum absolute atomic E-state index is 11.9. The predicted molar refractivity (Wildman–Crippen MR) is 112 cm³/mol. The number of hydrogen-bond donors (Lipinski definition) is 4. The Hall–Kier alpha value is -2.35. The highest BCUT2D eigenvalue weighted by molar-refractivity contribution is 14.1. The van der Waals surface area contributed by atoms with Crippen LogP contribution >= 0.6 is 22.6 Å². The molecule has 152 valence electrons. The van der Waals surface area contributed by atoms with Crippen LogP contribution < -0.4 is 10.6 Å². The van der Waals surface area contributed by atoms with Crippen LogP contribution in [0, 0.1) is 3.57 Å². The van der Waals surface area contributed by atoms with Gasteiger partial charge in [0.05, 0.1) is 6.33 Å². The number of ether oxygens (including phenoxy) is 1. The molecule has 1 aromatic carbocycles. The van der Waals surface area contributed by atoms with Crippen LogP contribution in [0.2, 0.25) is 0 Å². The van der Waals surface area contributed by atoms with Gasteiger partial charge in [0.2, 0.25) is 0 Å². The Labute approximate surface area is 179 Å². The molecule has 0 radical (unpaired) electrons. The number of rotatable bonds is 5. The van der Waals surface area contributed by atoms with E-state index in [2.05, 4.69) is 54.2 Å². The highest BCUT2D eigenvalue weighted by Gasteiger charge is 2.47. The van der Waals surface area contributed by atoms with Crippen molar-refractivity contribution in [1.29, 1.82) is 0 Å². The largest absolute Gasteiger partial charge is 0.387 e. The van der Waals surface area contributed by atoms with Crippen molar-refractivity contribution in [1.82, 2.24) is 24.8 Å². The van der Waals surface area contributed by atoms with Crippen LogP contribution in [-0.4, -0.2) is 61.0 Å². The summed E-state index contributed by atoms with van der Waals surface area (Å²) in [4.78, 5) is 24.7. The normalized spacial score (nSPS) is 24.0. The second kappa shape index (κ2) is 8.18. The number of aromatic nitrogens is 4. The Bertz CT molecular complexity index is 1040. The van der Waals surface area contributed by atoms with Crippen LogP contribution in [0.15, 0.2) is 36.9 Å². The molecule has 10 nitrogen and oxygen atoms in total. The number of carbonyl (C=O) groups is 1. The standard InChI is InChI=1S/C18H19IN6O4/c1-20-17(28)14-12(26)13(27)18(29-14)25-8-24-11-15(22-7-23-16(11)25)21-6-9-3-2-4-10(19)5-9/h2-5,7-8,12-14,18,26-27H,6H2,1H3,(H,20,28)(H,21,22,23)/t12-,13+,14-,18-/m0/s1. The summed E-state index contributed by atoms with van der Waals surface area (Å²) >= 11 is 2.26. The van der Waals surface area contributed by atoms with E-state index >= 15 is 0 Å². The molecule has 1 amide bonds. The maximum Gasteiger partial charge on any atom is 0.251 e. The first-order valence-electron chi connectivity index (χ1n) is 8.88. The second-order valence-corrected chi connectivity index (χ2v) is 7.82. The van der Waals surface area contributed by atoms with E-state index in [1.165, 1.54) is 24.3 Å². The van der Waals surface area contributed by atoms with Gasteiger partial charge in [0.15, 0.2) is 29.3 Å². The predicted octanol–water partition coefficient (Wildman–Crippen LogP) is 0.408. The minimum atomic E-state index is -1.36. The highest BCUT2D eigenvalue weighted by Crippen LogP contribution is 2.32. The fourth-order valence-electron chi connectivity index (χ4n) is 3.25. The number of nitrogens with one attached hydrogen (secondary N) is 2. The number of nitrogens with zero attached hydrogens (tertiary/aromatic N) is 4. The third-order valence-corrected chi connectivity index (χ3v) is 5.40. The van der Waals surface area contributed by atoms with E-state index in [-0.39, 0.29) is 0 Å². The number of likely N-dealkylation sites (N-methyl/N-ethyl adjacent to an activating group) is 1. The van der Waals surface area contributed by atoms with Gasteiger partial charge in [0.25, 0.3) is 5.91 Å². The van der Waals surface area contributed by atoms with E-state index in [9.17, 15) is 15.0 Å². The summed E-state index contributed by atoms with van der Waals surface area (Å²) in [6.07, 6.45) is -2.04. The van der Waals surface area contributed by atoms with E-state index in [4.69, 9.17) is 4.74 Å². The molecular formula is C18H19IN6O4. The number of fused-ring (bicyclic) bond motifs is 1. The van der Waals surface area contributed by atoms with Gasteiger partial charge in [0, 0.05) is 17.2 Å². The number of aliphatic hydroxyl groups excluding tert-OH is 2. The topological polar surface area (TPSA) is 134 Å². The zero-order chi connectivity index (χ0) is 20.5. The fraction of sp³-hybridized carbons (Fsp3) is 0.333. The van der Waals surface area contributed by atoms with E-state index in [1.54, 1.807) is 0 Å². The lowest BCUT2D eigenvalue weighted by Crippen LogP contribution is -2.41. The van der Waals surface area contributed by atoms with Gasteiger partial charge in [-0.15, -0.1) is 0 Å². The molecule has 3 aromatic rings. The zero-order valence-electron chi connectivity index (χ0n) is 15.4. The third-order valence-electron chi connectivity index (χ3n) is 4.73. The van der Waals surface area contributed by atoms with Gasteiger partial charge in [-0.25, -0.2) is 15.0 Å². The highest BCUT2D eigenvalue weighted by atomic mass is 127. The van der Waals surface area contributed by atoms with E-state index < -0.39 is 30.4 Å². The van der Waals surface area contributed by atoms with E-state index in [0.29, 0.717) is 23.5 Å². The first-order valence-corrected chi connectivity index (χ1v) is 9.96. The first kappa shape index (κ1) is 19.9. The summed E-state index contributed by atoms with van der Waals surface area (Å²) in [5, 5.41) is 26.2. The summed E-state index contributed by atoms with van der Waals surface area (Å²) in [6.45, 7) is 0.551. The lowest BCUT2D eigenvalue weighted by molar-refractivity contribution is -0.137. The second-order valence-electron chi connectivity index (χ2n) is 6.57. The molecule has 0 unspecified atom stereocenters. The van der Waals surface area contributed by atoms with Gasteiger partial charge < -0.3 is 25.6 Å². The Morgan fingerprint density at radius 3 is 2.86 bits per heavy atom. The number of carbonyl (C=O) groups excluding carboxylic acids is 1. The summed E-state index contributed by atoms with van der Waals surface area (Å²) in [7, 11) is 1.43. The average molecular weight is 510 g/mol. The number of benzene rings is 1. The molecule has 0 aliphatic carbocycles. The number of anilines is 1. The number of imidazole rings is 1. The Kier molecular flexibility index (Phi) is 5.63. The molecular weight excluding hydrogens is 491 g/mol. The summed E-state index contributed by atoms with van der Waals surface area (Å²) in [5.74, 6) is 0.0152. The molecule has 3 heterocycles. The number of hydrogen-bond acceptors (Lipinski definition) is 8. The SMILES string of the molecule is CNC(=O)[C@H]1O[C@H](n2cnc3c(NCc4cccc(I)c4)ncnc32)[C@H](O)[C@@H]1O. The summed E-state index contributed by atoms with van der Waals surface area (Å²) < 4.78 is 8.23. The summed E-state index contributed by atoms with van der Waals surface area (Å²) in [6, 6.07) is 8.07. The van der Waals surface area contributed by atoms with Crippen LogP contribution in [-0.2, 0) is 16.1 Å². The van der Waals surface area contributed by atoms with Crippen LogP contribution in [0.25, 0.3) is 11.2 Å².